The lowest BCUT2D eigenvalue weighted by atomic mass is 10.2. The van der Waals surface area contributed by atoms with E-state index in [1.165, 1.54) is 0 Å². The third-order valence-electron chi connectivity index (χ3n) is 5.75. The van der Waals surface area contributed by atoms with E-state index >= 15 is 0 Å². The molecule has 0 aliphatic carbocycles. The molecule has 4 rings (SSSR count). The van der Waals surface area contributed by atoms with Gasteiger partial charge in [-0.3, -0.25) is 4.90 Å². The van der Waals surface area contributed by atoms with Crippen molar-refractivity contribution in [2.45, 2.75) is 26.3 Å². The number of tetrazole rings is 1. The number of halogens is 2. The van der Waals surface area contributed by atoms with Gasteiger partial charge in [-0.05, 0) is 66.6 Å². The van der Waals surface area contributed by atoms with Crippen molar-refractivity contribution in [2.75, 3.05) is 44.2 Å². The molecule has 0 radical (unpaired) electrons. The minimum Gasteiger partial charge on any atom is -0.494 e. The topological polar surface area (TPSA) is 59.3 Å². The maximum Gasteiger partial charge on any atom is 0.148 e. The standard InChI is InChI=1S/C23H28Cl2N6O/c1-18-26-27-28-31(18)17-19-7-9-20(10-8-19)32-16-3-2-11-29-12-14-30(15-13-29)22-6-4-5-21(24)23(22)25/h4-10H,2-3,11-17H2,1H3. The van der Waals surface area contributed by atoms with Crippen LogP contribution in [0.5, 0.6) is 5.75 Å². The summed E-state index contributed by atoms with van der Waals surface area (Å²) in [7, 11) is 0. The lowest BCUT2D eigenvalue weighted by Crippen LogP contribution is -2.46. The maximum absolute atomic E-state index is 6.37. The fraction of sp³-hybridized carbons (Fsp3) is 0.435. The minimum absolute atomic E-state index is 0.615. The Hall–Kier alpha value is -2.35. The average Bonchev–Trinajstić information content (AvgIpc) is 3.21. The van der Waals surface area contributed by atoms with E-state index in [4.69, 9.17) is 27.9 Å². The number of hydrogen-bond donors (Lipinski definition) is 0. The van der Waals surface area contributed by atoms with Crippen LogP contribution in [0.15, 0.2) is 42.5 Å². The molecule has 0 saturated carbocycles. The molecular weight excluding hydrogens is 447 g/mol. The number of aromatic nitrogens is 4. The van der Waals surface area contributed by atoms with Gasteiger partial charge >= 0.3 is 0 Å². The van der Waals surface area contributed by atoms with E-state index in [9.17, 15) is 0 Å². The molecule has 1 aromatic heterocycles. The molecule has 9 heteroatoms. The summed E-state index contributed by atoms with van der Waals surface area (Å²) in [5.41, 5.74) is 2.18. The first kappa shape index (κ1) is 22.8. The molecule has 1 fully saturated rings. The van der Waals surface area contributed by atoms with E-state index in [1.807, 2.05) is 37.3 Å². The van der Waals surface area contributed by atoms with Crippen molar-refractivity contribution >= 4 is 28.9 Å². The van der Waals surface area contributed by atoms with Crippen molar-refractivity contribution in [1.82, 2.24) is 25.1 Å². The number of anilines is 1. The van der Waals surface area contributed by atoms with Gasteiger partial charge in [0.25, 0.3) is 0 Å². The first-order chi connectivity index (χ1) is 15.6. The highest BCUT2D eigenvalue weighted by Crippen LogP contribution is 2.32. The molecule has 7 nitrogen and oxygen atoms in total. The second-order valence-electron chi connectivity index (χ2n) is 7.98. The quantitative estimate of drug-likeness (QED) is 0.430. The number of unbranched alkanes of at least 4 members (excludes halogenated alkanes) is 1. The van der Waals surface area contributed by atoms with Gasteiger partial charge in [-0.1, -0.05) is 41.4 Å². The van der Waals surface area contributed by atoms with Gasteiger partial charge < -0.3 is 9.64 Å². The number of aryl methyl sites for hydroxylation is 1. The molecule has 0 unspecified atom stereocenters. The lowest BCUT2D eigenvalue weighted by molar-refractivity contribution is 0.238. The summed E-state index contributed by atoms with van der Waals surface area (Å²) in [6, 6.07) is 14.0. The average molecular weight is 475 g/mol. The molecule has 2 aromatic carbocycles. The smallest absolute Gasteiger partial charge is 0.148 e. The summed E-state index contributed by atoms with van der Waals surface area (Å²) in [6.07, 6.45) is 2.15. The summed E-state index contributed by atoms with van der Waals surface area (Å²) >= 11 is 12.5. The van der Waals surface area contributed by atoms with E-state index in [0.717, 1.165) is 75.0 Å². The van der Waals surface area contributed by atoms with Crippen LogP contribution in [0.1, 0.15) is 24.2 Å². The number of hydrogen-bond acceptors (Lipinski definition) is 6. The van der Waals surface area contributed by atoms with E-state index < -0.39 is 0 Å². The molecule has 1 saturated heterocycles. The molecule has 3 aromatic rings. The summed E-state index contributed by atoms with van der Waals surface area (Å²) in [5, 5.41) is 12.8. The molecule has 32 heavy (non-hydrogen) atoms. The van der Waals surface area contributed by atoms with Crippen LogP contribution in [-0.4, -0.2) is 64.4 Å². The Bertz CT molecular complexity index is 1000. The fourth-order valence-electron chi connectivity index (χ4n) is 3.84. The zero-order valence-corrected chi connectivity index (χ0v) is 19.8. The third kappa shape index (κ3) is 5.91. The normalized spacial score (nSPS) is 14.7. The molecule has 0 bridgehead atoms. The van der Waals surface area contributed by atoms with Gasteiger partial charge in [0.1, 0.15) is 11.6 Å². The van der Waals surface area contributed by atoms with Crippen molar-refractivity contribution in [3.63, 3.8) is 0 Å². The van der Waals surface area contributed by atoms with Gasteiger partial charge in [-0.2, -0.15) is 0 Å². The van der Waals surface area contributed by atoms with Crippen LogP contribution in [0.4, 0.5) is 5.69 Å². The summed E-state index contributed by atoms with van der Waals surface area (Å²) < 4.78 is 7.68. The van der Waals surface area contributed by atoms with E-state index in [1.54, 1.807) is 4.68 Å². The Labute approximate surface area is 198 Å². The molecule has 1 aliphatic heterocycles. The SMILES string of the molecule is Cc1nnnn1Cc1ccc(OCCCCN2CCN(c3cccc(Cl)c3Cl)CC2)cc1. The Morgan fingerprint density at radius 1 is 0.969 bits per heavy atom. The van der Waals surface area contributed by atoms with Crippen LogP contribution in [0, 0.1) is 6.92 Å². The Balaban J connectivity index is 1.12. The number of nitrogens with zero attached hydrogens (tertiary/aromatic N) is 6. The van der Waals surface area contributed by atoms with Crippen LogP contribution >= 0.6 is 23.2 Å². The maximum atomic E-state index is 6.37. The highest BCUT2D eigenvalue weighted by atomic mass is 35.5. The molecule has 0 spiro atoms. The first-order valence-electron chi connectivity index (χ1n) is 11.0. The third-order valence-corrected chi connectivity index (χ3v) is 6.56. The Kier molecular flexibility index (Phi) is 7.84. The van der Waals surface area contributed by atoms with Crippen LogP contribution in [0.25, 0.3) is 0 Å². The van der Waals surface area contributed by atoms with Gasteiger partial charge in [-0.15, -0.1) is 5.10 Å². The zero-order chi connectivity index (χ0) is 22.3. The van der Waals surface area contributed by atoms with Gasteiger partial charge in [0.15, 0.2) is 0 Å². The fourth-order valence-corrected chi connectivity index (χ4v) is 4.25. The van der Waals surface area contributed by atoms with Crippen molar-refractivity contribution < 1.29 is 4.74 Å². The molecule has 0 N–H and O–H groups in total. The number of piperazine rings is 1. The summed E-state index contributed by atoms with van der Waals surface area (Å²) in [5.74, 6) is 1.70. The zero-order valence-electron chi connectivity index (χ0n) is 18.3. The van der Waals surface area contributed by atoms with Crippen molar-refractivity contribution in [1.29, 1.82) is 0 Å². The van der Waals surface area contributed by atoms with Crippen molar-refractivity contribution in [2.24, 2.45) is 0 Å². The molecule has 1 aliphatic rings. The second-order valence-corrected chi connectivity index (χ2v) is 8.77. The van der Waals surface area contributed by atoms with Crippen molar-refractivity contribution in [3.05, 3.63) is 63.9 Å². The minimum atomic E-state index is 0.615. The molecular formula is C23H28Cl2N6O. The van der Waals surface area contributed by atoms with E-state index in [2.05, 4.69) is 37.5 Å². The Morgan fingerprint density at radius 3 is 2.47 bits per heavy atom. The highest BCUT2D eigenvalue weighted by molar-refractivity contribution is 6.43. The van der Waals surface area contributed by atoms with Gasteiger partial charge in [0.2, 0.25) is 0 Å². The van der Waals surface area contributed by atoms with Crippen LogP contribution in [0.2, 0.25) is 10.0 Å². The van der Waals surface area contributed by atoms with Gasteiger partial charge in [0.05, 0.1) is 28.9 Å². The van der Waals surface area contributed by atoms with Crippen molar-refractivity contribution in [3.8, 4) is 5.75 Å². The highest BCUT2D eigenvalue weighted by Gasteiger charge is 2.19. The first-order valence-corrected chi connectivity index (χ1v) is 11.7. The molecule has 170 valence electrons. The molecule has 0 amide bonds. The lowest BCUT2D eigenvalue weighted by Gasteiger charge is -2.36. The largest absolute Gasteiger partial charge is 0.494 e. The van der Waals surface area contributed by atoms with Crippen LogP contribution in [-0.2, 0) is 6.54 Å². The summed E-state index contributed by atoms with van der Waals surface area (Å²) in [6.45, 7) is 8.37. The van der Waals surface area contributed by atoms with Crippen LogP contribution in [0.3, 0.4) is 0 Å². The van der Waals surface area contributed by atoms with E-state index in [0.29, 0.717) is 16.6 Å². The van der Waals surface area contributed by atoms with E-state index in [-0.39, 0.29) is 0 Å². The second kappa shape index (κ2) is 11.0. The van der Waals surface area contributed by atoms with Gasteiger partial charge in [0, 0.05) is 26.2 Å². The number of rotatable bonds is 9. The monoisotopic (exact) mass is 474 g/mol. The Morgan fingerprint density at radius 2 is 1.75 bits per heavy atom. The molecule has 2 heterocycles. The number of ether oxygens (including phenoxy) is 1. The predicted octanol–water partition coefficient (Wildman–Crippen LogP) is 4.32. The number of benzene rings is 2. The molecule has 0 atom stereocenters. The predicted molar refractivity (Wildman–Crippen MR) is 128 cm³/mol. The van der Waals surface area contributed by atoms with Gasteiger partial charge in [-0.25, -0.2) is 4.68 Å². The van der Waals surface area contributed by atoms with Crippen LogP contribution < -0.4 is 9.64 Å². The summed E-state index contributed by atoms with van der Waals surface area (Å²) in [4.78, 5) is 4.82.